The van der Waals surface area contributed by atoms with Crippen molar-refractivity contribution >= 4 is 11.6 Å². The summed E-state index contributed by atoms with van der Waals surface area (Å²) in [4.78, 5) is 31.4. The standard InChI is InChI=1S/C24H22F3N3O3/c25-24(26,27)18-7-4-8-19(13-18)29-9-11-30(12-10-29)23(32)20-14-21(31)22(15-28-20)33-16-17-5-2-1-3-6-17/h1-8,13-15H,9-12,16H2,(H,28,31). The number of ether oxygens (including phenoxy) is 1. The zero-order chi connectivity index (χ0) is 23.4. The average Bonchev–Trinajstić information content (AvgIpc) is 2.83. The van der Waals surface area contributed by atoms with Crippen LogP contribution in [0.1, 0.15) is 21.6 Å². The molecule has 1 aromatic heterocycles. The number of aromatic amines is 1. The summed E-state index contributed by atoms with van der Waals surface area (Å²) in [5.74, 6) is -0.227. The third-order valence-electron chi connectivity index (χ3n) is 5.45. The Kier molecular flexibility index (Phi) is 6.39. The Morgan fingerprint density at radius 3 is 2.36 bits per heavy atom. The molecule has 0 bridgehead atoms. The number of H-pyrrole nitrogens is 1. The molecule has 2 heterocycles. The third kappa shape index (κ3) is 5.36. The lowest BCUT2D eigenvalue weighted by Gasteiger charge is -2.36. The van der Waals surface area contributed by atoms with Gasteiger partial charge in [0.1, 0.15) is 12.3 Å². The fourth-order valence-electron chi connectivity index (χ4n) is 3.65. The number of hydrogen-bond donors (Lipinski definition) is 1. The van der Waals surface area contributed by atoms with Crippen LogP contribution in [0.2, 0.25) is 0 Å². The van der Waals surface area contributed by atoms with Crippen LogP contribution in [0.25, 0.3) is 0 Å². The summed E-state index contributed by atoms with van der Waals surface area (Å²) in [6, 6.07) is 15.7. The lowest BCUT2D eigenvalue weighted by molar-refractivity contribution is -0.137. The number of piperazine rings is 1. The molecule has 1 aliphatic rings. The van der Waals surface area contributed by atoms with E-state index in [0.29, 0.717) is 31.9 Å². The first-order valence-corrected chi connectivity index (χ1v) is 10.4. The maximum Gasteiger partial charge on any atom is 0.416 e. The number of halogens is 3. The zero-order valence-corrected chi connectivity index (χ0v) is 17.6. The maximum atomic E-state index is 13.0. The van der Waals surface area contributed by atoms with E-state index < -0.39 is 17.2 Å². The Morgan fingerprint density at radius 1 is 0.970 bits per heavy atom. The molecule has 4 rings (SSSR count). The highest BCUT2D eigenvalue weighted by Crippen LogP contribution is 2.31. The second-order valence-electron chi connectivity index (χ2n) is 7.68. The van der Waals surface area contributed by atoms with Gasteiger partial charge in [-0.1, -0.05) is 36.4 Å². The number of carbonyl (C=O) groups excluding carboxylic acids is 1. The molecule has 0 radical (unpaired) electrons. The van der Waals surface area contributed by atoms with Crippen LogP contribution in [-0.4, -0.2) is 42.0 Å². The minimum atomic E-state index is -4.41. The number of pyridine rings is 1. The zero-order valence-electron chi connectivity index (χ0n) is 17.6. The normalized spacial score (nSPS) is 14.3. The van der Waals surface area contributed by atoms with E-state index in [0.717, 1.165) is 17.7 Å². The number of hydrogen-bond acceptors (Lipinski definition) is 4. The third-order valence-corrected chi connectivity index (χ3v) is 5.45. The predicted molar refractivity (Wildman–Crippen MR) is 117 cm³/mol. The van der Waals surface area contributed by atoms with Crippen molar-refractivity contribution < 1.29 is 22.7 Å². The minimum Gasteiger partial charge on any atom is -0.483 e. The summed E-state index contributed by atoms with van der Waals surface area (Å²) in [5, 5.41) is 0. The second-order valence-corrected chi connectivity index (χ2v) is 7.68. The molecule has 172 valence electrons. The topological polar surface area (TPSA) is 65.6 Å². The molecule has 1 aliphatic heterocycles. The van der Waals surface area contributed by atoms with Crippen molar-refractivity contribution in [1.29, 1.82) is 0 Å². The van der Waals surface area contributed by atoms with Gasteiger partial charge in [-0.3, -0.25) is 9.59 Å². The van der Waals surface area contributed by atoms with Gasteiger partial charge >= 0.3 is 6.18 Å². The molecule has 0 atom stereocenters. The molecule has 33 heavy (non-hydrogen) atoms. The summed E-state index contributed by atoms with van der Waals surface area (Å²) in [7, 11) is 0. The first-order chi connectivity index (χ1) is 15.8. The van der Waals surface area contributed by atoms with E-state index in [1.165, 1.54) is 18.3 Å². The summed E-state index contributed by atoms with van der Waals surface area (Å²) < 4.78 is 44.5. The van der Waals surface area contributed by atoms with Crippen molar-refractivity contribution in [1.82, 2.24) is 9.88 Å². The molecule has 0 saturated carbocycles. The molecule has 1 saturated heterocycles. The number of alkyl halides is 3. The lowest BCUT2D eigenvalue weighted by Crippen LogP contribution is -2.49. The monoisotopic (exact) mass is 457 g/mol. The fourth-order valence-corrected chi connectivity index (χ4v) is 3.65. The van der Waals surface area contributed by atoms with E-state index >= 15 is 0 Å². The van der Waals surface area contributed by atoms with Crippen LogP contribution < -0.4 is 15.1 Å². The Hall–Kier alpha value is -3.75. The van der Waals surface area contributed by atoms with Gasteiger partial charge in [-0.25, -0.2) is 0 Å². The summed E-state index contributed by atoms with van der Waals surface area (Å²) in [6.45, 7) is 1.65. The van der Waals surface area contributed by atoms with E-state index in [1.807, 2.05) is 35.2 Å². The van der Waals surface area contributed by atoms with Crippen molar-refractivity contribution in [2.24, 2.45) is 0 Å². The highest BCUT2D eigenvalue weighted by Gasteiger charge is 2.31. The van der Waals surface area contributed by atoms with Gasteiger partial charge in [-0.2, -0.15) is 13.2 Å². The van der Waals surface area contributed by atoms with Gasteiger partial charge < -0.3 is 19.5 Å². The van der Waals surface area contributed by atoms with E-state index in [9.17, 15) is 22.8 Å². The first kappa shape index (κ1) is 22.4. The maximum absolute atomic E-state index is 13.0. The van der Waals surface area contributed by atoms with Gasteiger partial charge in [-0.05, 0) is 23.8 Å². The van der Waals surface area contributed by atoms with Crippen molar-refractivity contribution in [2.45, 2.75) is 12.8 Å². The quantitative estimate of drug-likeness (QED) is 0.631. The number of nitrogens with one attached hydrogen (secondary N) is 1. The fraction of sp³-hybridized carbons (Fsp3) is 0.250. The first-order valence-electron chi connectivity index (χ1n) is 10.4. The molecular weight excluding hydrogens is 435 g/mol. The van der Waals surface area contributed by atoms with E-state index in [2.05, 4.69) is 4.98 Å². The molecule has 1 N–H and O–H groups in total. The average molecular weight is 457 g/mol. The lowest BCUT2D eigenvalue weighted by atomic mass is 10.1. The molecule has 9 heteroatoms. The van der Waals surface area contributed by atoms with Crippen molar-refractivity contribution in [3.05, 3.63) is 93.9 Å². The summed E-state index contributed by atoms with van der Waals surface area (Å²) in [6.07, 6.45) is -3.03. The van der Waals surface area contributed by atoms with Crippen molar-refractivity contribution in [2.75, 3.05) is 31.1 Å². The van der Waals surface area contributed by atoms with Crippen LogP contribution in [0, 0.1) is 0 Å². The molecule has 3 aromatic rings. The van der Waals surface area contributed by atoms with Gasteiger partial charge in [0.05, 0.1) is 5.56 Å². The predicted octanol–water partition coefficient (Wildman–Crippen LogP) is 3.94. The smallest absolute Gasteiger partial charge is 0.416 e. The molecule has 0 aliphatic carbocycles. The van der Waals surface area contributed by atoms with Crippen molar-refractivity contribution in [3.8, 4) is 5.75 Å². The molecule has 1 amide bonds. The number of carbonyl (C=O) groups is 1. The van der Waals surface area contributed by atoms with Crippen LogP contribution in [0.5, 0.6) is 5.75 Å². The van der Waals surface area contributed by atoms with Gasteiger partial charge in [0.15, 0.2) is 5.75 Å². The number of nitrogens with zero attached hydrogens (tertiary/aromatic N) is 2. The summed E-state index contributed by atoms with van der Waals surface area (Å²) >= 11 is 0. The highest BCUT2D eigenvalue weighted by atomic mass is 19.4. The van der Waals surface area contributed by atoms with E-state index in [1.54, 1.807) is 11.0 Å². The van der Waals surface area contributed by atoms with E-state index in [-0.39, 0.29) is 24.0 Å². The minimum absolute atomic E-state index is 0.116. The molecule has 0 spiro atoms. The number of rotatable bonds is 5. The molecule has 2 aromatic carbocycles. The van der Waals surface area contributed by atoms with Crippen LogP contribution in [0.3, 0.4) is 0 Å². The highest BCUT2D eigenvalue weighted by molar-refractivity contribution is 5.92. The van der Waals surface area contributed by atoms with Gasteiger partial charge in [0, 0.05) is 44.1 Å². The number of amides is 1. The van der Waals surface area contributed by atoms with Crippen LogP contribution in [0.15, 0.2) is 71.7 Å². The second kappa shape index (κ2) is 9.40. The van der Waals surface area contributed by atoms with Gasteiger partial charge in [-0.15, -0.1) is 0 Å². The number of benzene rings is 2. The molecule has 1 fully saturated rings. The van der Waals surface area contributed by atoms with Crippen LogP contribution >= 0.6 is 0 Å². The molecule has 0 unspecified atom stereocenters. The summed E-state index contributed by atoms with van der Waals surface area (Å²) in [5.41, 5.74) is 0.404. The molecule has 6 nitrogen and oxygen atoms in total. The van der Waals surface area contributed by atoms with E-state index in [4.69, 9.17) is 4.74 Å². The van der Waals surface area contributed by atoms with Gasteiger partial charge in [0.25, 0.3) is 5.91 Å². The largest absolute Gasteiger partial charge is 0.483 e. The van der Waals surface area contributed by atoms with Crippen molar-refractivity contribution in [3.63, 3.8) is 0 Å². The SMILES string of the molecule is O=C(c1cc(=O)c(OCc2ccccc2)c[nH]1)N1CCN(c2cccc(C(F)(F)F)c2)CC1. The Balaban J connectivity index is 1.37. The Labute approximate surface area is 188 Å². The number of anilines is 1. The molecular formula is C24H22F3N3O3. The Bertz CT molecular complexity index is 1170. The Morgan fingerprint density at radius 2 is 1.70 bits per heavy atom. The van der Waals surface area contributed by atoms with Crippen LogP contribution in [-0.2, 0) is 12.8 Å². The number of aromatic nitrogens is 1. The van der Waals surface area contributed by atoms with Gasteiger partial charge in [0.2, 0.25) is 5.43 Å². The van der Waals surface area contributed by atoms with Crippen LogP contribution in [0.4, 0.5) is 18.9 Å².